The molecule has 0 unspecified atom stereocenters. The van der Waals surface area contributed by atoms with E-state index in [0.717, 1.165) is 103 Å². The number of hydrogen-bond donors (Lipinski definition) is 7. The van der Waals surface area contributed by atoms with Gasteiger partial charge >= 0.3 is 11.9 Å². The van der Waals surface area contributed by atoms with E-state index in [0.29, 0.717) is 24.7 Å². The SMILES string of the molecule is CC1(C)[C@@H](O)CC[C@]2(C)[C@H]3C(=O)C=C4[C@@H]5C[C@@](C)(C(=O)O)CC[C@]5(C)CC[C@@]4(C)[C@]3(C)CC[C@@H]12.CC1(C)[C@@H](O)CC[C@]2(C)[C@H]3C(=O)C=C4[C@@H]5C[C@@](C)(C(=O)O)CC[C@]5(C)CC[C@@]4(C)[C@]3(C)CC[C@@H]12.CN(C)C(=N)N=C(N)N. The van der Waals surface area contributed by atoms with Crippen LogP contribution in [0.15, 0.2) is 28.3 Å². The maximum absolute atomic E-state index is 14.2. The molecule has 0 bridgehead atoms. The summed E-state index contributed by atoms with van der Waals surface area (Å²) in [7, 11) is 3.38. The molecule has 13 nitrogen and oxygen atoms in total. The highest BCUT2D eigenvalue weighted by molar-refractivity contribution is 5.96. The molecule has 0 aromatic heterocycles. The zero-order valence-electron chi connectivity index (χ0n) is 50.5. The largest absolute Gasteiger partial charge is 0.481 e. The van der Waals surface area contributed by atoms with Crippen molar-refractivity contribution >= 4 is 35.4 Å². The molecule has 8 saturated carbocycles. The summed E-state index contributed by atoms with van der Waals surface area (Å²) in [6.07, 6.45) is 19.9. The Morgan fingerprint density at radius 3 is 1.18 bits per heavy atom. The second-order valence-electron chi connectivity index (χ2n) is 31.6. The number of nitrogens with one attached hydrogen (secondary N) is 1. The van der Waals surface area contributed by atoms with Crippen LogP contribution < -0.4 is 11.5 Å². The first-order chi connectivity index (χ1) is 35.1. The van der Waals surface area contributed by atoms with Gasteiger partial charge in [0.1, 0.15) is 0 Å². The van der Waals surface area contributed by atoms with E-state index in [1.807, 2.05) is 26.0 Å². The second kappa shape index (κ2) is 18.7. The Balaban J connectivity index is 0.000000176. The van der Waals surface area contributed by atoms with Gasteiger partial charge < -0.3 is 36.8 Å². The van der Waals surface area contributed by atoms with Crippen molar-refractivity contribution < 1.29 is 39.6 Å². The zero-order chi connectivity index (χ0) is 57.7. The van der Waals surface area contributed by atoms with E-state index in [1.54, 1.807) is 14.1 Å². The van der Waals surface area contributed by atoms with Crippen LogP contribution in [0.5, 0.6) is 0 Å². The molecule has 0 spiro atoms. The van der Waals surface area contributed by atoms with Crippen molar-refractivity contribution in [2.75, 3.05) is 14.1 Å². The molecule has 0 aliphatic heterocycles. The summed E-state index contributed by atoms with van der Waals surface area (Å²) in [5.74, 6) is 0.0823. The molecule has 13 heteroatoms. The average molecular weight is 1070 g/mol. The number of aliphatic hydroxyl groups excluding tert-OH is 2. The summed E-state index contributed by atoms with van der Waals surface area (Å²) >= 11 is 0. The van der Waals surface area contributed by atoms with E-state index in [1.165, 1.54) is 16.0 Å². The van der Waals surface area contributed by atoms with Crippen molar-refractivity contribution in [3.63, 3.8) is 0 Å². The van der Waals surface area contributed by atoms with Gasteiger partial charge in [0.2, 0.25) is 5.96 Å². The molecule has 18 atom stereocenters. The molecule has 0 amide bonds. The summed E-state index contributed by atoms with van der Waals surface area (Å²) in [5.41, 5.74) is 10.3. The molecule has 8 fully saturated rings. The maximum Gasteiger partial charge on any atom is 0.309 e. The number of ketones is 2. The highest BCUT2D eigenvalue weighted by Gasteiger charge is 2.72. The number of fused-ring (bicyclic) bond motifs is 14. The van der Waals surface area contributed by atoms with Crippen LogP contribution in [0.3, 0.4) is 0 Å². The number of aliphatic imine (C=N–C) groups is 1. The van der Waals surface area contributed by atoms with Crippen LogP contribution in [0.2, 0.25) is 0 Å². The number of carbonyl (C=O) groups excluding carboxylic acids is 2. The third kappa shape index (κ3) is 8.59. The predicted octanol–water partition coefficient (Wildman–Crippen LogP) is 11.6. The first-order valence-electron chi connectivity index (χ1n) is 29.8. The van der Waals surface area contributed by atoms with Crippen LogP contribution in [0, 0.1) is 106 Å². The van der Waals surface area contributed by atoms with Crippen molar-refractivity contribution in [3.8, 4) is 0 Å². The lowest BCUT2D eigenvalue weighted by atomic mass is 9.33. The number of aliphatic carboxylic acids is 2. The molecule has 9 N–H and O–H groups in total. The molecule has 0 aromatic rings. The van der Waals surface area contributed by atoms with E-state index >= 15 is 0 Å². The van der Waals surface area contributed by atoms with Gasteiger partial charge in [0.25, 0.3) is 0 Å². The van der Waals surface area contributed by atoms with Gasteiger partial charge in [-0.2, -0.15) is 4.99 Å². The molecular formula is C64H103N5O8. The summed E-state index contributed by atoms with van der Waals surface area (Å²) < 4.78 is 0. The molecular weight excluding hydrogens is 967 g/mol. The van der Waals surface area contributed by atoms with Gasteiger partial charge in [0.05, 0.1) is 23.0 Å². The minimum Gasteiger partial charge on any atom is -0.481 e. The van der Waals surface area contributed by atoms with Crippen LogP contribution in [0.25, 0.3) is 0 Å². The molecule has 10 rings (SSSR count). The molecule has 10 aliphatic carbocycles. The van der Waals surface area contributed by atoms with Crippen molar-refractivity contribution in [2.45, 2.75) is 225 Å². The molecule has 10 aliphatic rings. The van der Waals surface area contributed by atoms with Crippen LogP contribution >= 0.6 is 0 Å². The Morgan fingerprint density at radius 2 is 0.883 bits per heavy atom. The lowest BCUT2D eigenvalue weighted by molar-refractivity contribution is -0.202. The normalized spacial score (nSPS) is 48.8. The minimum absolute atomic E-state index is 0.0296. The van der Waals surface area contributed by atoms with Gasteiger partial charge in [0.15, 0.2) is 17.5 Å². The van der Waals surface area contributed by atoms with Crippen molar-refractivity contribution in [2.24, 2.45) is 117 Å². The number of aliphatic hydroxyl groups is 2. The number of guanidine groups is 2. The van der Waals surface area contributed by atoms with Crippen LogP contribution in [0.1, 0.15) is 213 Å². The summed E-state index contributed by atoms with van der Waals surface area (Å²) in [5, 5.41) is 48.9. The average Bonchev–Trinajstić information content (AvgIpc) is 3.50. The number of hydrogen-bond acceptors (Lipinski definition) is 7. The van der Waals surface area contributed by atoms with Gasteiger partial charge in [0, 0.05) is 25.9 Å². The minimum atomic E-state index is -0.711. The number of nitrogens with zero attached hydrogens (tertiary/aromatic N) is 2. The van der Waals surface area contributed by atoms with E-state index in [-0.39, 0.29) is 114 Å². The standard InChI is InChI=1S/2C30H46O4.C4H11N5/c2*1-25(2)21-8-11-30(7)23(28(21,5)10-9-22(25)32)20(31)16-18-19-17-27(4,24(33)34)13-12-26(19,3)14-15-29(18,30)6;1-9(2)4(7)8-3(5)6/h2*16,19,21-23,32H,8-15,17H2,1-7H3,(H,33,34);1-2H3,(H5,5,6,7,8)/t2*19-,21-,22-,23+,26+,27-,28-,29+,30+;/m00./s1. The van der Waals surface area contributed by atoms with E-state index in [2.05, 4.69) is 88.1 Å². The van der Waals surface area contributed by atoms with Crippen LogP contribution in [0.4, 0.5) is 0 Å². The molecule has 0 heterocycles. The Kier molecular flexibility index (Phi) is 14.5. The number of rotatable bonds is 2. The second-order valence-corrected chi connectivity index (χ2v) is 31.6. The number of nitrogens with two attached hydrogens (primary N) is 2. The maximum atomic E-state index is 14.2. The number of carboxylic acids is 2. The first-order valence-corrected chi connectivity index (χ1v) is 29.8. The number of carbonyl (C=O) groups is 4. The lowest BCUT2D eigenvalue weighted by Gasteiger charge is -2.70. The zero-order valence-corrected chi connectivity index (χ0v) is 50.5. The Bertz CT molecular complexity index is 2390. The first kappa shape index (κ1) is 59.5. The van der Waals surface area contributed by atoms with Gasteiger partial charge in [-0.05, 0) is 219 Å². The van der Waals surface area contributed by atoms with Crippen LogP contribution in [-0.4, -0.2) is 87.1 Å². The van der Waals surface area contributed by atoms with E-state index in [4.69, 9.17) is 16.9 Å². The molecule has 0 radical (unpaired) electrons. The fourth-order valence-electron chi connectivity index (χ4n) is 20.9. The Morgan fingerprint density at radius 1 is 0.545 bits per heavy atom. The third-order valence-corrected chi connectivity index (χ3v) is 26.8. The predicted molar refractivity (Wildman–Crippen MR) is 303 cm³/mol. The summed E-state index contributed by atoms with van der Waals surface area (Å²) in [6.45, 7) is 31.7. The quantitative estimate of drug-likeness (QED) is 0.101. The van der Waals surface area contributed by atoms with Gasteiger partial charge in [-0.1, -0.05) is 94.2 Å². The van der Waals surface area contributed by atoms with E-state index < -0.39 is 22.8 Å². The fourth-order valence-corrected chi connectivity index (χ4v) is 20.9. The number of carboxylic acid groups (broad SMARTS) is 2. The molecule has 0 saturated heterocycles. The summed E-state index contributed by atoms with van der Waals surface area (Å²) in [4.78, 5) is 57.8. The molecule has 0 aromatic carbocycles. The summed E-state index contributed by atoms with van der Waals surface area (Å²) in [6, 6.07) is 0. The van der Waals surface area contributed by atoms with E-state index in [9.17, 15) is 39.6 Å². The van der Waals surface area contributed by atoms with Gasteiger partial charge in [-0.3, -0.25) is 24.6 Å². The smallest absolute Gasteiger partial charge is 0.309 e. The van der Waals surface area contributed by atoms with Crippen LogP contribution in [-0.2, 0) is 19.2 Å². The Hall–Kier alpha value is -3.58. The van der Waals surface area contributed by atoms with Crippen molar-refractivity contribution in [1.29, 1.82) is 5.41 Å². The van der Waals surface area contributed by atoms with Crippen molar-refractivity contribution in [1.82, 2.24) is 4.90 Å². The highest BCUT2D eigenvalue weighted by Crippen LogP contribution is 2.77. The van der Waals surface area contributed by atoms with Gasteiger partial charge in [-0.15, -0.1) is 0 Å². The van der Waals surface area contributed by atoms with Crippen molar-refractivity contribution in [3.05, 3.63) is 23.3 Å². The lowest BCUT2D eigenvalue weighted by Crippen LogP contribution is -2.66. The monoisotopic (exact) mass is 1070 g/mol. The fraction of sp³-hybridized carbons (Fsp3) is 0.844. The molecule has 432 valence electrons. The van der Waals surface area contributed by atoms with Gasteiger partial charge in [-0.25, -0.2) is 0 Å². The highest BCUT2D eigenvalue weighted by atomic mass is 16.4. The Labute approximate surface area is 462 Å². The number of allylic oxidation sites excluding steroid dienone is 4. The molecule has 77 heavy (non-hydrogen) atoms. The topological polar surface area (TPSA) is 241 Å². The third-order valence-electron chi connectivity index (χ3n) is 26.8.